The summed E-state index contributed by atoms with van der Waals surface area (Å²) < 4.78 is 26.9. The van der Waals surface area contributed by atoms with Crippen molar-refractivity contribution >= 4 is 43.2 Å². The standard InChI is InChI=1S/C25H22N2O3S2/c1-17-7-11-19(12-8-17)23(28)15-22-25(31-24-6-4-3-5-21(24)27-22)26-16-32(29,30)20-13-9-18(2)10-14-20/h3-15,28H,16H2,1-2H3/b23-15-,26-25-. The van der Waals surface area contributed by atoms with Gasteiger partial charge < -0.3 is 5.11 Å². The summed E-state index contributed by atoms with van der Waals surface area (Å²) in [7, 11) is -3.60. The Hall–Kier alpha value is -3.29. The highest BCUT2D eigenvalue weighted by atomic mass is 32.2. The van der Waals surface area contributed by atoms with Gasteiger partial charge in [-0.1, -0.05) is 59.7 Å². The van der Waals surface area contributed by atoms with Crippen LogP contribution in [-0.4, -0.2) is 24.4 Å². The van der Waals surface area contributed by atoms with Crippen LogP contribution in [0.3, 0.4) is 0 Å². The van der Waals surface area contributed by atoms with Crippen molar-refractivity contribution in [3.63, 3.8) is 0 Å². The van der Waals surface area contributed by atoms with Crippen molar-refractivity contribution < 1.29 is 13.5 Å². The van der Waals surface area contributed by atoms with Crippen molar-refractivity contribution in [2.24, 2.45) is 4.99 Å². The predicted octanol–water partition coefficient (Wildman–Crippen LogP) is 5.30. The Morgan fingerprint density at radius 1 is 0.969 bits per heavy atom. The van der Waals surface area contributed by atoms with Crippen LogP contribution in [0.1, 0.15) is 22.4 Å². The second-order valence-electron chi connectivity index (χ2n) is 7.48. The summed E-state index contributed by atoms with van der Waals surface area (Å²) in [6, 6.07) is 21.7. The van der Waals surface area contributed by atoms with E-state index < -0.39 is 15.7 Å². The molecule has 0 radical (unpaired) electrons. The van der Waals surface area contributed by atoms with E-state index in [4.69, 9.17) is 0 Å². The van der Waals surface area contributed by atoms with Crippen LogP contribution in [0.2, 0.25) is 0 Å². The lowest BCUT2D eigenvalue weighted by atomic mass is 10.1. The molecule has 162 valence electrons. The molecule has 0 aliphatic rings. The summed E-state index contributed by atoms with van der Waals surface area (Å²) in [5.41, 5.74) is 3.89. The van der Waals surface area contributed by atoms with Crippen molar-refractivity contribution in [3.8, 4) is 0 Å². The highest BCUT2D eigenvalue weighted by Gasteiger charge is 2.14. The Kier molecular flexibility index (Phi) is 6.21. The van der Waals surface area contributed by atoms with E-state index in [0.717, 1.165) is 21.3 Å². The average Bonchev–Trinajstić information content (AvgIpc) is 2.78. The maximum atomic E-state index is 12.8. The molecule has 5 nitrogen and oxygen atoms in total. The van der Waals surface area contributed by atoms with Gasteiger partial charge in [-0.25, -0.2) is 13.4 Å². The van der Waals surface area contributed by atoms with Crippen LogP contribution in [0.15, 0.2) is 82.7 Å². The van der Waals surface area contributed by atoms with Gasteiger partial charge in [0.2, 0.25) is 0 Å². The molecule has 1 heterocycles. The van der Waals surface area contributed by atoms with Gasteiger partial charge in [0, 0.05) is 11.6 Å². The molecule has 1 aromatic heterocycles. The van der Waals surface area contributed by atoms with Crippen LogP contribution in [0, 0.1) is 13.8 Å². The fourth-order valence-electron chi connectivity index (χ4n) is 3.08. The zero-order valence-electron chi connectivity index (χ0n) is 17.7. The number of sulfone groups is 1. The van der Waals surface area contributed by atoms with Gasteiger partial charge in [0.1, 0.15) is 22.0 Å². The first-order valence-corrected chi connectivity index (χ1v) is 12.5. The Balaban J connectivity index is 1.79. The van der Waals surface area contributed by atoms with Crippen molar-refractivity contribution in [2.45, 2.75) is 18.7 Å². The minimum atomic E-state index is -3.60. The fourth-order valence-corrected chi connectivity index (χ4v) is 5.07. The van der Waals surface area contributed by atoms with Crippen LogP contribution >= 0.6 is 11.3 Å². The average molecular weight is 463 g/mol. The molecule has 0 amide bonds. The molecule has 0 saturated carbocycles. The Morgan fingerprint density at radius 2 is 1.59 bits per heavy atom. The summed E-state index contributed by atoms with van der Waals surface area (Å²) in [5.74, 6) is -0.364. The van der Waals surface area contributed by atoms with Gasteiger partial charge in [-0.05, 0) is 38.1 Å². The van der Waals surface area contributed by atoms with E-state index in [1.165, 1.54) is 17.4 Å². The van der Waals surface area contributed by atoms with Crippen LogP contribution in [0.4, 0.5) is 0 Å². The van der Waals surface area contributed by atoms with Crippen LogP contribution in [0.5, 0.6) is 0 Å². The van der Waals surface area contributed by atoms with Crippen LogP contribution < -0.4 is 4.67 Å². The lowest BCUT2D eigenvalue weighted by Crippen LogP contribution is -2.12. The minimum absolute atomic E-state index is 0.0397. The monoisotopic (exact) mass is 462 g/mol. The maximum absolute atomic E-state index is 12.8. The molecule has 0 bridgehead atoms. The van der Waals surface area contributed by atoms with Crippen molar-refractivity contribution in [1.29, 1.82) is 0 Å². The van der Waals surface area contributed by atoms with Gasteiger partial charge in [-0.15, -0.1) is 11.3 Å². The Morgan fingerprint density at radius 3 is 2.28 bits per heavy atom. The van der Waals surface area contributed by atoms with E-state index in [2.05, 4.69) is 9.98 Å². The number of para-hydroxylation sites is 1. The number of fused-ring (bicyclic) bond motifs is 1. The van der Waals surface area contributed by atoms with Crippen molar-refractivity contribution in [3.05, 3.63) is 99.9 Å². The topological polar surface area (TPSA) is 79.6 Å². The van der Waals surface area contributed by atoms with E-state index in [9.17, 15) is 13.5 Å². The molecule has 0 aliphatic carbocycles. The third-order valence-corrected chi connectivity index (χ3v) is 7.47. The molecule has 3 aromatic carbocycles. The third-order valence-electron chi connectivity index (χ3n) is 4.91. The largest absolute Gasteiger partial charge is 0.507 e. The molecule has 0 saturated heterocycles. The molecule has 4 rings (SSSR count). The number of aryl methyl sites for hydroxylation is 2. The summed E-state index contributed by atoms with van der Waals surface area (Å²) in [5, 5.41) is 10.7. The molecule has 0 spiro atoms. The fraction of sp³-hybridized carbons (Fsp3) is 0.120. The molecule has 4 aromatic rings. The number of hydrogen-bond donors (Lipinski definition) is 1. The van der Waals surface area contributed by atoms with Gasteiger partial charge >= 0.3 is 0 Å². The second-order valence-corrected chi connectivity index (χ2v) is 10.5. The number of aliphatic hydroxyl groups is 1. The van der Waals surface area contributed by atoms with E-state index >= 15 is 0 Å². The summed E-state index contributed by atoms with van der Waals surface area (Å²) in [6.07, 6.45) is 1.53. The first-order chi connectivity index (χ1) is 15.3. The van der Waals surface area contributed by atoms with Crippen LogP contribution in [-0.2, 0) is 9.84 Å². The molecule has 32 heavy (non-hydrogen) atoms. The number of hydrogen-bond acceptors (Lipinski definition) is 6. The molecule has 0 unspecified atom stereocenters. The van der Waals surface area contributed by atoms with E-state index in [1.807, 2.05) is 62.4 Å². The van der Waals surface area contributed by atoms with Gasteiger partial charge in [0.05, 0.1) is 15.1 Å². The summed E-state index contributed by atoms with van der Waals surface area (Å²) in [4.78, 5) is 9.26. The zero-order chi connectivity index (χ0) is 22.7. The molecule has 0 atom stereocenters. The quantitative estimate of drug-likeness (QED) is 0.408. The molecular formula is C25H22N2O3S2. The van der Waals surface area contributed by atoms with Gasteiger partial charge in [0.25, 0.3) is 0 Å². The molecular weight excluding hydrogens is 440 g/mol. The van der Waals surface area contributed by atoms with Crippen LogP contribution in [0.25, 0.3) is 22.1 Å². The highest BCUT2D eigenvalue weighted by molar-refractivity contribution is 7.91. The normalized spacial score (nSPS) is 12.9. The minimum Gasteiger partial charge on any atom is -0.507 e. The molecule has 0 aliphatic heterocycles. The first kappa shape index (κ1) is 21.9. The SMILES string of the molecule is Cc1ccc(/C(O)=C/c2nc3ccccc3s/c2=N\CS(=O)(=O)c2ccc(C)cc2)cc1. The number of nitrogens with zero attached hydrogens (tertiary/aromatic N) is 2. The second kappa shape index (κ2) is 9.06. The highest BCUT2D eigenvalue weighted by Crippen LogP contribution is 2.19. The molecule has 1 N–H and O–H groups in total. The maximum Gasteiger partial charge on any atom is 0.198 e. The molecule has 0 fully saturated rings. The number of aromatic nitrogens is 1. The number of rotatable bonds is 5. The van der Waals surface area contributed by atoms with E-state index in [1.54, 1.807) is 24.3 Å². The predicted molar refractivity (Wildman–Crippen MR) is 130 cm³/mol. The lowest BCUT2D eigenvalue weighted by Gasteiger charge is -2.05. The van der Waals surface area contributed by atoms with Crippen molar-refractivity contribution in [1.82, 2.24) is 4.98 Å². The zero-order valence-corrected chi connectivity index (χ0v) is 19.3. The van der Waals surface area contributed by atoms with E-state index in [-0.39, 0.29) is 10.7 Å². The first-order valence-electron chi connectivity index (χ1n) is 9.99. The number of benzene rings is 3. The lowest BCUT2D eigenvalue weighted by molar-refractivity contribution is 0.515. The molecule has 7 heteroatoms. The number of aliphatic hydroxyl groups excluding tert-OH is 1. The Bertz CT molecular complexity index is 1470. The van der Waals surface area contributed by atoms with E-state index in [0.29, 0.717) is 15.9 Å². The third kappa shape index (κ3) is 4.95. The smallest absolute Gasteiger partial charge is 0.198 e. The van der Waals surface area contributed by atoms with Gasteiger partial charge in [-0.3, -0.25) is 4.99 Å². The summed E-state index contributed by atoms with van der Waals surface area (Å²) >= 11 is 1.34. The van der Waals surface area contributed by atoms with Crippen molar-refractivity contribution in [2.75, 3.05) is 5.88 Å². The van der Waals surface area contributed by atoms with Gasteiger partial charge in [-0.2, -0.15) is 0 Å². The van der Waals surface area contributed by atoms with Gasteiger partial charge in [0.15, 0.2) is 9.84 Å². The summed E-state index contributed by atoms with van der Waals surface area (Å²) in [6.45, 7) is 3.88. The Labute approximate surface area is 191 Å².